The van der Waals surface area contributed by atoms with Gasteiger partial charge in [0.05, 0.1) is 28.5 Å². The van der Waals surface area contributed by atoms with E-state index in [1.165, 1.54) is 11.3 Å². The highest BCUT2D eigenvalue weighted by Gasteiger charge is 2.23. The number of amides is 1. The Labute approximate surface area is 209 Å². The van der Waals surface area contributed by atoms with E-state index in [-0.39, 0.29) is 29.4 Å². The van der Waals surface area contributed by atoms with E-state index in [0.29, 0.717) is 29.5 Å². The van der Waals surface area contributed by atoms with Crippen molar-refractivity contribution in [1.29, 1.82) is 0 Å². The number of thiazole rings is 1. The fourth-order valence-electron chi connectivity index (χ4n) is 3.65. The van der Waals surface area contributed by atoms with Crippen LogP contribution >= 0.6 is 11.3 Å². The molecule has 0 aliphatic carbocycles. The number of aromatic nitrogens is 2. The summed E-state index contributed by atoms with van der Waals surface area (Å²) in [4.78, 5) is 24.1. The molecule has 2 aromatic heterocycles. The first-order valence-electron chi connectivity index (χ1n) is 11.4. The van der Waals surface area contributed by atoms with E-state index in [2.05, 4.69) is 4.98 Å². The maximum atomic E-state index is 13.3. The fourth-order valence-corrected chi connectivity index (χ4v) is 5.96. The highest BCUT2D eigenvalue weighted by molar-refractivity contribution is 7.91. The van der Waals surface area contributed by atoms with Crippen LogP contribution in [0.25, 0.3) is 10.2 Å². The molecule has 1 amide bonds. The van der Waals surface area contributed by atoms with Gasteiger partial charge in [-0.25, -0.2) is 13.4 Å². The van der Waals surface area contributed by atoms with Crippen molar-refractivity contribution >= 4 is 42.4 Å². The Morgan fingerprint density at radius 3 is 2.60 bits per heavy atom. The Morgan fingerprint density at radius 2 is 1.89 bits per heavy atom. The molecule has 4 rings (SSSR count). The normalized spacial score (nSPS) is 11.5. The van der Waals surface area contributed by atoms with Crippen molar-refractivity contribution in [1.82, 2.24) is 9.97 Å². The molecule has 2 heterocycles. The molecule has 0 fully saturated rings. The summed E-state index contributed by atoms with van der Waals surface area (Å²) in [5, 5.41) is 0.544. The van der Waals surface area contributed by atoms with Gasteiger partial charge in [-0.05, 0) is 56.2 Å². The first-order chi connectivity index (χ1) is 16.9. The quantitative estimate of drug-likeness (QED) is 0.292. The number of anilines is 1. The zero-order chi connectivity index (χ0) is 24.8. The summed E-state index contributed by atoms with van der Waals surface area (Å²) in [6.07, 6.45) is 3.69. The van der Waals surface area contributed by atoms with Crippen molar-refractivity contribution in [3.05, 3.63) is 78.1 Å². The predicted molar refractivity (Wildman–Crippen MR) is 139 cm³/mol. The molecular weight excluding hydrogens is 482 g/mol. The largest absolute Gasteiger partial charge is 0.492 e. The van der Waals surface area contributed by atoms with E-state index in [9.17, 15) is 13.2 Å². The van der Waals surface area contributed by atoms with E-state index in [4.69, 9.17) is 9.72 Å². The van der Waals surface area contributed by atoms with Crippen molar-refractivity contribution in [3.8, 4) is 5.75 Å². The minimum Gasteiger partial charge on any atom is -0.492 e. The summed E-state index contributed by atoms with van der Waals surface area (Å²) in [5.74, 6) is 0.382. The molecule has 0 aliphatic heterocycles. The van der Waals surface area contributed by atoms with Gasteiger partial charge in [0.2, 0.25) is 5.91 Å². The smallest absolute Gasteiger partial charge is 0.229 e. The van der Waals surface area contributed by atoms with Crippen LogP contribution < -0.4 is 9.64 Å². The Balaban J connectivity index is 1.55. The topological polar surface area (TPSA) is 89.5 Å². The Kier molecular flexibility index (Phi) is 7.77. The highest BCUT2D eigenvalue weighted by atomic mass is 32.2. The molecule has 4 aromatic rings. The third-order valence-corrected chi connectivity index (χ3v) is 8.31. The van der Waals surface area contributed by atoms with Crippen molar-refractivity contribution in [3.63, 3.8) is 0 Å². The number of hydrogen-bond acceptors (Lipinski definition) is 7. The molecule has 0 radical (unpaired) electrons. The molecule has 0 atom stereocenters. The second-order valence-electron chi connectivity index (χ2n) is 8.11. The lowest BCUT2D eigenvalue weighted by atomic mass is 10.2. The lowest BCUT2D eigenvalue weighted by molar-refractivity contribution is -0.118. The zero-order valence-corrected chi connectivity index (χ0v) is 21.3. The highest BCUT2D eigenvalue weighted by Crippen LogP contribution is 2.35. The third kappa shape index (κ3) is 6.04. The van der Waals surface area contributed by atoms with Gasteiger partial charge in [-0.15, -0.1) is 0 Å². The van der Waals surface area contributed by atoms with Gasteiger partial charge < -0.3 is 4.74 Å². The number of benzene rings is 2. The first kappa shape index (κ1) is 24.8. The van der Waals surface area contributed by atoms with Crippen molar-refractivity contribution in [2.75, 3.05) is 17.3 Å². The van der Waals surface area contributed by atoms with E-state index >= 15 is 0 Å². The van der Waals surface area contributed by atoms with Crippen LogP contribution in [0, 0.1) is 6.92 Å². The number of ether oxygens (including phenoxy) is 1. The number of carbonyl (C=O) groups is 1. The molecule has 0 N–H and O–H groups in total. The molecular formula is C26H27N3O4S2. The van der Waals surface area contributed by atoms with E-state index in [1.54, 1.807) is 41.6 Å². The van der Waals surface area contributed by atoms with Crippen LogP contribution in [-0.2, 0) is 21.2 Å². The number of aryl methyl sites for hydroxylation is 1. The van der Waals surface area contributed by atoms with Gasteiger partial charge in [0.25, 0.3) is 0 Å². The van der Waals surface area contributed by atoms with E-state index in [1.807, 2.05) is 44.2 Å². The van der Waals surface area contributed by atoms with Gasteiger partial charge in [0, 0.05) is 18.8 Å². The van der Waals surface area contributed by atoms with Gasteiger partial charge in [-0.3, -0.25) is 14.7 Å². The number of fused-ring (bicyclic) bond motifs is 1. The molecule has 7 nitrogen and oxygen atoms in total. The van der Waals surface area contributed by atoms with Crippen LogP contribution in [0.5, 0.6) is 5.75 Å². The summed E-state index contributed by atoms with van der Waals surface area (Å²) in [5.41, 5.74) is 2.56. The number of pyridine rings is 1. The fraction of sp³-hybridized carbons (Fsp3) is 0.269. The maximum absolute atomic E-state index is 13.3. The molecule has 0 saturated carbocycles. The van der Waals surface area contributed by atoms with E-state index < -0.39 is 9.84 Å². The number of rotatable bonds is 10. The van der Waals surface area contributed by atoms with Crippen LogP contribution in [0.15, 0.2) is 71.9 Å². The Hall–Kier alpha value is -3.30. The van der Waals surface area contributed by atoms with Gasteiger partial charge >= 0.3 is 0 Å². The Bertz CT molecular complexity index is 1400. The summed E-state index contributed by atoms with van der Waals surface area (Å²) < 4.78 is 32.1. The lowest BCUT2D eigenvalue weighted by Crippen LogP contribution is -2.30. The molecule has 182 valence electrons. The second kappa shape index (κ2) is 11.0. The third-order valence-electron chi connectivity index (χ3n) is 5.45. The average molecular weight is 510 g/mol. The molecule has 0 saturated heterocycles. The number of nitrogens with zero attached hydrogens (tertiary/aromatic N) is 3. The minimum atomic E-state index is -3.46. The molecule has 35 heavy (non-hydrogen) atoms. The molecule has 0 bridgehead atoms. The molecule has 0 spiro atoms. The van der Waals surface area contributed by atoms with E-state index in [0.717, 1.165) is 15.8 Å². The first-order valence-corrected chi connectivity index (χ1v) is 13.9. The van der Waals surface area contributed by atoms with Crippen LogP contribution in [-0.4, -0.2) is 36.7 Å². The standard InChI is InChI=1S/C26H27N3O4S2/c1-3-33-22-8-4-9-23-25(22)28-26(34-23)29(18-20-7-5-15-27-17-20)24(30)10-6-16-35(31,32)21-13-11-19(2)12-14-21/h4-5,7-9,11-15,17H,3,6,10,16,18H2,1-2H3. The monoisotopic (exact) mass is 509 g/mol. The zero-order valence-electron chi connectivity index (χ0n) is 19.7. The van der Waals surface area contributed by atoms with Crippen molar-refractivity contribution in [2.45, 2.75) is 38.1 Å². The maximum Gasteiger partial charge on any atom is 0.229 e. The number of carbonyl (C=O) groups excluding carboxylic acids is 1. The van der Waals surface area contributed by atoms with Gasteiger partial charge in [0.1, 0.15) is 11.3 Å². The molecule has 2 aromatic carbocycles. The van der Waals surface area contributed by atoms with Crippen LogP contribution in [0.2, 0.25) is 0 Å². The van der Waals surface area contributed by atoms with Crippen LogP contribution in [0.4, 0.5) is 5.13 Å². The van der Waals surface area contributed by atoms with Crippen molar-refractivity contribution in [2.24, 2.45) is 0 Å². The predicted octanol–water partition coefficient (Wildman–Crippen LogP) is 5.19. The SMILES string of the molecule is CCOc1cccc2sc(N(Cc3cccnc3)C(=O)CCCS(=O)(=O)c3ccc(C)cc3)nc12. The average Bonchev–Trinajstić information content (AvgIpc) is 3.28. The van der Waals surface area contributed by atoms with Gasteiger partial charge in [-0.2, -0.15) is 0 Å². The van der Waals surface area contributed by atoms with Gasteiger partial charge in [-0.1, -0.05) is 41.2 Å². The van der Waals surface area contributed by atoms with Crippen LogP contribution in [0.3, 0.4) is 0 Å². The lowest BCUT2D eigenvalue weighted by Gasteiger charge is -2.20. The minimum absolute atomic E-state index is 0.0829. The number of sulfone groups is 1. The summed E-state index contributed by atoms with van der Waals surface area (Å²) in [6.45, 7) is 4.63. The molecule has 0 unspecified atom stereocenters. The Morgan fingerprint density at radius 1 is 1.09 bits per heavy atom. The molecule has 0 aliphatic rings. The second-order valence-corrected chi connectivity index (χ2v) is 11.2. The van der Waals surface area contributed by atoms with Crippen LogP contribution in [0.1, 0.15) is 30.9 Å². The summed E-state index contributed by atoms with van der Waals surface area (Å²) in [7, 11) is -3.46. The number of para-hydroxylation sites is 1. The number of hydrogen-bond donors (Lipinski definition) is 0. The summed E-state index contributed by atoms with van der Waals surface area (Å²) in [6, 6.07) is 16.2. The molecule has 9 heteroatoms. The summed E-state index contributed by atoms with van der Waals surface area (Å²) >= 11 is 1.41. The van der Waals surface area contributed by atoms with Gasteiger partial charge in [0.15, 0.2) is 15.0 Å². The van der Waals surface area contributed by atoms with Crippen molar-refractivity contribution < 1.29 is 17.9 Å².